The summed E-state index contributed by atoms with van der Waals surface area (Å²) >= 11 is 6.97. The lowest BCUT2D eigenvalue weighted by Gasteiger charge is -2.18. The molecule has 0 unspecified atom stereocenters. The van der Waals surface area contributed by atoms with Crippen molar-refractivity contribution in [2.24, 2.45) is 4.99 Å². The van der Waals surface area contributed by atoms with Crippen LogP contribution in [0.2, 0.25) is 5.02 Å². The number of alkyl halides is 3. The van der Waals surface area contributed by atoms with Gasteiger partial charge in [-0.25, -0.2) is 0 Å². The van der Waals surface area contributed by atoms with Gasteiger partial charge in [-0.3, -0.25) is 24.8 Å². The minimum Gasteiger partial charge on any atom is -0.285 e. The number of thioether (sulfide) groups is 1. The highest BCUT2D eigenvalue weighted by atomic mass is 35.5. The first kappa shape index (κ1) is 21.1. The molecule has 3 rings (SSSR count). The molecule has 0 bridgehead atoms. The maximum atomic E-state index is 12.9. The second kappa shape index (κ2) is 8.42. The molecule has 1 amide bonds. The normalized spacial score (nSPS) is 14.1. The topological polar surface area (TPSA) is 75.8 Å². The zero-order valence-corrected chi connectivity index (χ0v) is 16.2. The molecular formula is C18H13ClF3N3O3S. The Hall–Kier alpha value is -2.59. The molecule has 0 aliphatic carbocycles. The number of hydrogen-bond donors (Lipinski definition) is 0. The van der Waals surface area contributed by atoms with Crippen molar-refractivity contribution in [3.63, 3.8) is 0 Å². The predicted octanol–water partition coefficient (Wildman–Crippen LogP) is 5.01. The van der Waals surface area contributed by atoms with Crippen molar-refractivity contribution in [1.29, 1.82) is 0 Å². The van der Waals surface area contributed by atoms with Gasteiger partial charge in [-0.1, -0.05) is 41.6 Å². The third kappa shape index (κ3) is 4.88. The van der Waals surface area contributed by atoms with E-state index in [1.807, 2.05) is 0 Å². The van der Waals surface area contributed by atoms with Crippen LogP contribution >= 0.6 is 23.4 Å². The molecule has 0 spiro atoms. The summed E-state index contributed by atoms with van der Waals surface area (Å²) < 4.78 is 38.6. The van der Waals surface area contributed by atoms with E-state index in [0.29, 0.717) is 17.3 Å². The van der Waals surface area contributed by atoms with Gasteiger partial charge in [-0.05, 0) is 23.8 Å². The molecule has 0 fully saturated rings. The highest BCUT2D eigenvalue weighted by molar-refractivity contribution is 8.13. The fourth-order valence-corrected chi connectivity index (χ4v) is 3.87. The fourth-order valence-electron chi connectivity index (χ4n) is 2.71. The third-order valence-electron chi connectivity index (χ3n) is 4.05. The maximum Gasteiger partial charge on any atom is 0.416 e. The third-order valence-corrected chi connectivity index (χ3v) is 5.38. The summed E-state index contributed by atoms with van der Waals surface area (Å²) in [5.41, 5.74) is -0.891. The van der Waals surface area contributed by atoms with Crippen molar-refractivity contribution < 1.29 is 22.9 Å². The van der Waals surface area contributed by atoms with Crippen LogP contribution in [-0.4, -0.2) is 34.0 Å². The maximum absolute atomic E-state index is 12.9. The van der Waals surface area contributed by atoms with E-state index in [-0.39, 0.29) is 28.6 Å². The van der Waals surface area contributed by atoms with Crippen LogP contribution in [-0.2, 0) is 11.9 Å². The van der Waals surface area contributed by atoms with Crippen LogP contribution in [0.3, 0.4) is 0 Å². The number of nitrogens with zero attached hydrogens (tertiary/aromatic N) is 3. The van der Waals surface area contributed by atoms with Crippen molar-refractivity contribution in [3.8, 4) is 0 Å². The Kier molecular flexibility index (Phi) is 6.13. The number of amidine groups is 1. The fraction of sp³-hybridized carbons (Fsp3) is 0.222. The van der Waals surface area contributed by atoms with Gasteiger partial charge in [0.25, 0.3) is 11.6 Å². The van der Waals surface area contributed by atoms with Crippen LogP contribution in [0.4, 0.5) is 18.9 Å². The number of nitro benzene ring substituents is 1. The second-order valence-corrected chi connectivity index (χ2v) is 7.41. The second-order valence-electron chi connectivity index (χ2n) is 6.03. The lowest BCUT2D eigenvalue weighted by Crippen LogP contribution is -2.33. The highest BCUT2D eigenvalue weighted by Gasteiger charge is 2.32. The van der Waals surface area contributed by atoms with Gasteiger partial charge in [0.15, 0.2) is 5.17 Å². The first-order valence-electron chi connectivity index (χ1n) is 8.26. The summed E-state index contributed by atoms with van der Waals surface area (Å²) in [5.74, 6) is -0.475. The van der Waals surface area contributed by atoms with Gasteiger partial charge in [0.05, 0.1) is 17.0 Å². The monoisotopic (exact) mass is 443 g/mol. The molecule has 1 aliphatic heterocycles. The quantitative estimate of drug-likeness (QED) is 0.491. The van der Waals surface area contributed by atoms with E-state index in [1.54, 1.807) is 6.07 Å². The Labute approximate surface area is 172 Å². The molecule has 2 aromatic rings. The van der Waals surface area contributed by atoms with Gasteiger partial charge in [-0.2, -0.15) is 13.2 Å². The standard InChI is InChI=1S/C18H13ClF3N3O3S/c19-13-4-5-15(25(27)28)14(9-13)16(26)24-7-6-23-17(24)29-10-11-2-1-3-12(8-11)18(20,21)22/h1-5,8-9H,6-7,10H2. The lowest BCUT2D eigenvalue weighted by atomic mass is 10.1. The average Bonchev–Trinajstić information content (AvgIpc) is 3.13. The van der Waals surface area contributed by atoms with Crippen LogP contribution in [0, 0.1) is 10.1 Å². The Morgan fingerprint density at radius 2 is 2.03 bits per heavy atom. The van der Waals surface area contributed by atoms with Crippen molar-refractivity contribution in [2.45, 2.75) is 11.9 Å². The Balaban J connectivity index is 1.77. The van der Waals surface area contributed by atoms with Gasteiger partial charge in [0.1, 0.15) is 5.56 Å². The molecule has 6 nitrogen and oxygen atoms in total. The minimum absolute atomic E-state index is 0.157. The first-order valence-corrected chi connectivity index (χ1v) is 9.62. The Bertz CT molecular complexity index is 998. The summed E-state index contributed by atoms with van der Waals surface area (Å²) in [6, 6.07) is 8.57. The minimum atomic E-state index is -4.45. The molecule has 11 heteroatoms. The SMILES string of the molecule is O=C(c1cc(Cl)ccc1[N+](=O)[O-])N1CCN=C1SCc1cccc(C(F)(F)F)c1. The Morgan fingerprint density at radius 1 is 1.28 bits per heavy atom. The van der Waals surface area contributed by atoms with Gasteiger partial charge in [0.2, 0.25) is 0 Å². The summed E-state index contributed by atoms with van der Waals surface area (Å²) in [6.45, 7) is 0.512. The van der Waals surface area contributed by atoms with E-state index in [9.17, 15) is 28.1 Å². The molecule has 0 aromatic heterocycles. The van der Waals surface area contributed by atoms with Crippen molar-refractivity contribution in [1.82, 2.24) is 4.90 Å². The molecule has 1 aliphatic rings. The van der Waals surface area contributed by atoms with E-state index >= 15 is 0 Å². The number of hydrogen-bond acceptors (Lipinski definition) is 5. The summed E-state index contributed by atoms with van der Waals surface area (Å²) in [6.07, 6.45) is -4.45. The van der Waals surface area contributed by atoms with Gasteiger partial charge < -0.3 is 0 Å². The smallest absolute Gasteiger partial charge is 0.285 e. The van der Waals surface area contributed by atoms with Crippen LogP contribution in [0.15, 0.2) is 47.5 Å². The molecule has 0 N–H and O–H groups in total. The van der Waals surface area contributed by atoms with E-state index in [2.05, 4.69) is 4.99 Å². The Morgan fingerprint density at radius 3 is 2.72 bits per heavy atom. The van der Waals surface area contributed by atoms with Crippen LogP contribution in [0.5, 0.6) is 0 Å². The van der Waals surface area contributed by atoms with Crippen LogP contribution in [0.1, 0.15) is 21.5 Å². The van der Waals surface area contributed by atoms with Crippen LogP contribution in [0.25, 0.3) is 0 Å². The van der Waals surface area contributed by atoms with E-state index in [4.69, 9.17) is 11.6 Å². The van der Waals surface area contributed by atoms with Crippen LogP contribution < -0.4 is 0 Å². The van der Waals surface area contributed by atoms with Gasteiger partial charge in [0, 0.05) is 23.4 Å². The number of amides is 1. The van der Waals surface area contributed by atoms with E-state index in [1.165, 1.54) is 23.1 Å². The predicted molar refractivity (Wildman–Crippen MR) is 104 cm³/mol. The summed E-state index contributed by atoms with van der Waals surface area (Å²) in [5, 5.41) is 11.7. The lowest BCUT2D eigenvalue weighted by molar-refractivity contribution is -0.385. The molecule has 0 saturated heterocycles. The number of carbonyl (C=O) groups is 1. The molecule has 152 valence electrons. The average molecular weight is 444 g/mol. The zero-order chi connectivity index (χ0) is 21.2. The summed E-state index contributed by atoms with van der Waals surface area (Å²) in [7, 11) is 0. The number of benzene rings is 2. The molecule has 1 heterocycles. The van der Waals surface area contributed by atoms with Crippen molar-refractivity contribution in [3.05, 3.63) is 74.3 Å². The van der Waals surface area contributed by atoms with E-state index < -0.39 is 22.6 Å². The number of carbonyl (C=O) groups excluding carboxylic acids is 1. The summed E-state index contributed by atoms with van der Waals surface area (Å²) in [4.78, 5) is 28.9. The molecule has 2 aromatic carbocycles. The number of aliphatic imine (C=N–C) groups is 1. The highest BCUT2D eigenvalue weighted by Crippen LogP contribution is 2.31. The van der Waals surface area contributed by atoms with E-state index in [0.717, 1.165) is 30.0 Å². The van der Waals surface area contributed by atoms with Gasteiger partial charge in [-0.15, -0.1) is 0 Å². The van der Waals surface area contributed by atoms with Crippen molar-refractivity contribution >= 4 is 40.1 Å². The number of nitro groups is 1. The molecule has 0 atom stereocenters. The molecule has 0 radical (unpaired) electrons. The molecule has 29 heavy (non-hydrogen) atoms. The van der Waals surface area contributed by atoms with Crippen molar-refractivity contribution in [2.75, 3.05) is 13.1 Å². The largest absolute Gasteiger partial charge is 0.416 e. The first-order chi connectivity index (χ1) is 13.7. The number of halogens is 4. The van der Waals surface area contributed by atoms with Gasteiger partial charge >= 0.3 is 6.18 Å². The zero-order valence-electron chi connectivity index (χ0n) is 14.6. The molecular weight excluding hydrogens is 431 g/mol. The molecule has 0 saturated carbocycles. The number of rotatable bonds is 4.